The number of carbonyl (C=O) groups is 2. The Bertz CT molecular complexity index is 1450. The van der Waals surface area contributed by atoms with E-state index in [1.54, 1.807) is 59.3 Å². The second-order valence-electron chi connectivity index (χ2n) is 8.27. The number of fused-ring (bicyclic) bond motifs is 1. The topological polar surface area (TPSA) is 94.5 Å². The molecular formula is C27H23FN4O4. The summed E-state index contributed by atoms with van der Waals surface area (Å²) in [5, 5.41) is 10.3. The van der Waals surface area contributed by atoms with Gasteiger partial charge in [-0.3, -0.25) is 9.59 Å². The molecule has 2 N–H and O–H groups in total. The van der Waals surface area contributed by atoms with Crippen molar-refractivity contribution in [2.45, 2.75) is 13.8 Å². The van der Waals surface area contributed by atoms with Crippen molar-refractivity contribution >= 4 is 23.3 Å². The highest BCUT2D eigenvalue weighted by Crippen LogP contribution is 2.34. The zero-order valence-corrected chi connectivity index (χ0v) is 19.7. The second-order valence-corrected chi connectivity index (χ2v) is 8.27. The van der Waals surface area contributed by atoms with Gasteiger partial charge in [-0.25, -0.2) is 9.07 Å². The first kappa shape index (κ1) is 23.1. The molecule has 0 spiro atoms. The number of hydrogen-bond acceptors (Lipinski definition) is 5. The Balaban J connectivity index is 1.42. The second kappa shape index (κ2) is 9.53. The monoisotopic (exact) mass is 486 g/mol. The molecule has 0 atom stereocenters. The average Bonchev–Trinajstić information content (AvgIpc) is 3.19. The van der Waals surface area contributed by atoms with Crippen molar-refractivity contribution < 1.29 is 23.5 Å². The first-order valence-electron chi connectivity index (χ1n) is 11.3. The van der Waals surface area contributed by atoms with Crippen LogP contribution >= 0.6 is 0 Å². The highest BCUT2D eigenvalue weighted by molar-refractivity contribution is 6.04. The highest BCUT2D eigenvalue weighted by atomic mass is 19.1. The van der Waals surface area contributed by atoms with Crippen molar-refractivity contribution in [2.75, 3.05) is 23.8 Å². The molecular weight excluding hydrogens is 463 g/mol. The van der Waals surface area contributed by atoms with Gasteiger partial charge in [0, 0.05) is 29.8 Å². The zero-order valence-electron chi connectivity index (χ0n) is 19.7. The number of hydrogen-bond donors (Lipinski definition) is 2. The van der Waals surface area contributed by atoms with E-state index in [1.807, 2.05) is 6.92 Å². The van der Waals surface area contributed by atoms with Gasteiger partial charge in [0.25, 0.3) is 5.91 Å². The molecule has 2 heterocycles. The Morgan fingerprint density at radius 1 is 0.917 bits per heavy atom. The molecule has 1 aliphatic rings. The van der Waals surface area contributed by atoms with Crippen LogP contribution in [0, 0.1) is 12.7 Å². The molecule has 0 saturated carbocycles. The van der Waals surface area contributed by atoms with Gasteiger partial charge in [0.2, 0.25) is 5.91 Å². The molecule has 0 unspecified atom stereocenters. The Hall–Kier alpha value is -4.66. The van der Waals surface area contributed by atoms with E-state index >= 15 is 0 Å². The van der Waals surface area contributed by atoms with E-state index in [1.165, 1.54) is 19.1 Å². The number of benzene rings is 3. The van der Waals surface area contributed by atoms with E-state index in [9.17, 15) is 14.0 Å². The lowest BCUT2D eigenvalue weighted by atomic mass is 10.1. The van der Waals surface area contributed by atoms with Crippen LogP contribution in [0.3, 0.4) is 0 Å². The number of nitrogens with zero attached hydrogens (tertiary/aromatic N) is 2. The molecule has 5 rings (SSSR count). The maximum absolute atomic E-state index is 13.5. The fraction of sp³-hybridized carbons (Fsp3) is 0.148. The summed E-state index contributed by atoms with van der Waals surface area (Å²) in [7, 11) is 0. The Labute approximate surface area is 206 Å². The number of anilines is 2. The third kappa shape index (κ3) is 4.63. The molecule has 0 bridgehead atoms. The summed E-state index contributed by atoms with van der Waals surface area (Å²) in [6.07, 6.45) is 0. The Morgan fingerprint density at radius 3 is 2.31 bits per heavy atom. The van der Waals surface area contributed by atoms with Gasteiger partial charge in [-0.05, 0) is 61.0 Å². The minimum absolute atomic E-state index is 0.269. The third-order valence-electron chi connectivity index (χ3n) is 5.66. The summed E-state index contributed by atoms with van der Waals surface area (Å²) in [5.41, 5.74) is 3.74. The van der Waals surface area contributed by atoms with E-state index in [2.05, 4.69) is 15.7 Å². The van der Waals surface area contributed by atoms with E-state index in [0.29, 0.717) is 58.7 Å². The summed E-state index contributed by atoms with van der Waals surface area (Å²) < 4.78 is 26.1. The number of rotatable bonds is 5. The van der Waals surface area contributed by atoms with Crippen molar-refractivity contribution in [3.63, 3.8) is 0 Å². The smallest absolute Gasteiger partial charge is 0.255 e. The molecule has 3 aromatic carbocycles. The standard InChI is InChI=1S/C27H23FN4O4/c1-16-25(18-3-7-20(28)8-4-18)26(29-17(2)33)32(31-16)22-10-5-19(6-11-22)27(34)30-21-9-12-23-24(15-21)36-14-13-35-23/h3-12,15H,13-14H2,1-2H3,(H,29,33)(H,30,34). The number of halogens is 1. The highest BCUT2D eigenvalue weighted by Gasteiger charge is 2.20. The van der Waals surface area contributed by atoms with Crippen LogP contribution in [0.1, 0.15) is 23.0 Å². The average molecular weight is 487 g/mol. The minimum atomic E-state index is -0.352. The zero-order chi connectivity index (χ0) is 25.2. The van der Waals surface area contributed by atoms with Gasteiger partial charge in [-0.1, -0.05) is 12.1 Å². The number of nitrogens with one attached hydrogen (secondary N) is 2. The first-order chi connectivity index (χ1) is 17.4. The molecule has 4 aromatic rings. The Morgan fingerprint density at radius 2 is 1.61 bits per heavy atom. The molecule has 1 aromatic heterocycles. The summed E-state index contributed by atoms with van der Waals surface area (Å²) in [6, 6.07) is 18.1. The number of aryl methyl sites for hydroxylation is 1. The van der Waals surface area contributed by atoms with Crippen LogP contribution in [0.5, 0.6) is 11.5 Å². The molecule has 36 heavy (non-hydrogen) atoms. The van der Waals surface area contributed by atoms with Crippen molar-refractivity contribution in [1.82, 2.24) is 9.78 Å². The minimum Gasteiger partial charge on any atom is -0.486 e. The lowest BCUT2D eigenvalue weighted by Gasteiger charge is -2.19. The molecule has 8 nitrogen and oxygen atoms in total. The van der Waals surface area contributed by atoms with E-state index < -0.39 is 0 Å². The van der Waals surface area contributed by atoms with Crippen LogP contribution < -0.4 is 20.1 Å². The molecule has 9 heteroatoms. The van der Waals surface area contributed by atoms with Crippen LogP contribution in [-0.2, 0) is 4.79 Å². The van der Waals surface area contributed by atoms with Gasteiger partial charge in [0.1, 0.15) is 24.8 Å². The predicted octanol–water partition coefficient (Wildman–Crippen LogP) is 4.97. The fourth-order valence-electron chi connectivity index (χ4n) is 4.04. The normalized spacial score (nSPS) is 12.2. The number of ether oxygens (including phenoxy) is 2. The van der Waals surface area contributed by atoms with Crippen molar-refractivity contribution in [2.24, 2.45) is 0 Å². The quantitative estimate of drug-likeness (QED) is 0.416. The maximum atomic E-state index is 13.5. The molecule has 0 radical (unpaired) electrons. The van der Waals surface area contributed by atoms with E-state index in [-0.39, 0.29) is 17.6 Å². The molecule has 0 fully saturated rings. The van der Waals surface area contributed by atoms with Crippen LogP contribution in [0.4, 0.5) is 15.9 Å². The van der Waals surface area contributed by atoms with E-state index in [4.69, 9.17) is 9.47 Å². The van der Waals surface area contributed by atoms with Gasteiger partial charge >= 0.3 is 0 Å². The number of carbonyl (C=O) groups excluding carboxylic acids is 2. The molecule has 182 valence electrons. The lowest BCUT2D eigenvalue weighted by Crippen LogP contribution is -2.16. The van der Waals surface area contributed by atoms with Crippen LogP contribution in [0.15, 0.2) is 66.7 Å². The number of amides is 2. The fourth-order valence-corrected chi connectivity index (χ4v) is 4.04. The van der Waals surface area contributed by atoms with Gasteiger partial charge in [0.15, 0.2) is 11.5 Å². The summed E-state index contributed by atoms with van der Waals surface area (Å²) >= 11 is 0. The van der Waals surface area contributed by atoms with Crippen molar-refractivity contribution in [1.29, 1.82) is 0 Å². The molecule has 2 amide bonds. The van der Waals surface area contributed by atoms with Crippen LogP contribution in [0.25, 0.3) is 16.8 Å². The van der Waals surface area contributed by atoms with Crippen LogP contribution in [0.2, 0.25) is 0 Å². The van der Waals surface area contributed by atoms with Gasteiger partial charge in [-0.15, -0.1) is 0 Å². The molecule has 0 saturated heterocycles. The van der Waals surface area contributed by atoms with Gasteiger partial charge in [0.05, 0.1) is 11.4 Å². The first-order valence-corrected chi connectivity index (χ1v) is 11.3. The number of aromatic nitrogens is 2. The van der Waals surface area contributed by atoms with Crippen LogP contribution in [-0.4, -0.2) is 34.8 Å². The third-order valence-corrected chi connectivity index (χ3v) is 5.66. The van der Waals surface area contributed by atoms with Gasteiger partial charge in [-0.2, -0.15) is 5.10 Å². The largest absolute Gasteiger partial charge is 0.486 e. The molecule has 0 aliphatic carbocycles. The summed E-state index contributed by atoms with van der Waals surface area (Å²) in [5.74, 6) is 0.785. The SMILES string of the molecule is CC(=O)Nc1c(-c2ccc(F)cc2)c(C)nn1-c1ccc(C(=O)Nc2ccc3c(c2)OCCO3)cc1. The summed E-state index contributed by atoms with van der Waals surface area (Å²) in [6.45, 7) is 4.18. The van der Waals surface area contributed by atoms with Crippen molar-refractivity contribution in [3.8, 4) is 28.3 Å². The van der Waals surface area contributed by atoms with E-state index in [0.717, 1.165) is 5.56 Å². The lowest BCUT2D eigenvalue weighted by molar-refractivity contribution is -0.114. The van der Waals surface area contributed by atoms with Crippen molar-refractivity contribution in [3.05, 3.63) is 83.8 Å². The van der Waals surface area contributed by atoms with Gasteiger partial charge < -0.3 is 20.1 Å². The maximum Gasteiger partial charge on any atom is 0.255 e. The summed E-state index contributed by atoms with van der Waals surface area (Å²) in [4.78, 5) is 24.8. The predicted molar refractivity (Wildman–Crippen MR) is 133 cm³/mol. The Kier molecular flexibility index (Phi) is 6.12. The molecule has 1 aliphatic heterocycles.